The molecule has 66 valence electrons. The first kappa shape index (κ1) is 11.2. The van der Waals surface area contributed by atoms with Gasteiger partial charge in [0.2, 0.25) is 0 Å². The molecule has 12 heavy (non-hydrogen) atoms. The number of ether oxygens (including phenoxy) is 1. The maximum Gasteiger partial charge on any atom is 0.133 e. The van der Waals surface area contributed by atoms with Gasteiger partial charge in [0.15, 0.2) is 0 Å². The van der Waals surface area contributed by atoms with Gasteiger partial charge in [-0.2, -0.15) is 0 Å². The van der Waals surface area contributed by atoms with Crippen molar-refractivity contribution >= 4 is 22.2 Å². The molecule has 0 aliphatic heterocycles. The lowest BCUT2D eigenvalue weighted by molar-refractivity contribution is -0.106. The number of carbonyl (C=O) groups is 1. The first-order valence-electron chi connectivity index (χ1n) is 3.44. The van der Waals surface area contributed by atoms with Gasteiger partial charge in [0.1, 0.15) is 12.0 Å². The van der Waals surface area contributed by atoms with Gasteiger partial charge in [-0.1, -0.05) is 12.1 Å². The fraction of sp³-hybridized carbons (Fsp3) is 0.222. The highest BCUT2D eigenvalue weighted by molar-refractivity contribution is 9.10. The summed E-state index contributed by atoms with van der Waals surface area (Å²) in [7, 11) is 1.65. The van der Waals surface area contributed by atoms with Crippen LogP contribution >= 0.6 is 15.9 Å². The van der Waals surface area contributed by atoms with Gasteiger partial charge < -0.3 is 9.53 Å². The number of methoxy groups -OCH3 is 1. The molecule has 0 heterocycles. The van der Waals surface area contributed by atoms with Crippen LogP contribution in [0.5, 0.6) is 5.75 Å². The lowest BCUT2D eigenvalue weighted by Crippen LogP contribution is -1.81. The SMILES string of the molecule is CC=O.COc1ccccc1Br. The molecule has 0 saturated heterocycles. The van der Waals surface area contributed by atoms with Crippen LogP contribution in [0.25, 0.3) is 0 Å². The van der Waals surface area contributed by atoms with E-state index in [9.17, 15) is 0 Å². The summed E-state index contributed by atoms with van der Waals surface area (Å²) in [5.74, 6) is 0.873. The number of hydrogen-bond donors (Lipinski definition) is 0. The molecule has 0 atom stereocenters. The zero-order valence-corrected chi connectivity index (χ0v) is 8.67. The fourth-order valence-electron chi connectivity index (χ4n) is 0.610. The van der Waals surface area contributed by atoms with E-state index in [1.807, 2.05) is 24.3 Å². The van der Waals surface area contributed by atoms with Gasteiger partial charge in [-0.05, 0) is 35.0 Å². The molecule has 0 saturated carbocycles. The Hall–Kier alpha value is -0.830. The molecule has 3 heteroatoms. The molecule has 1 aromatic carbocycles. The molecular weight excluding hydrogens is 220 g/mol. The third kappa shape index (κ3) is 4.13. The predicted octanol–water partition coefficient (Wildman–Crippen LogP) is 2.66. The number of carbonyl (C=O) groups excluding carboxylic acids is 1. The Morgan fingerprint density at radius 1 is 1.42 bits per heavy atom. The zero-order chi connectivity index (χ0) is 9.40. The molecule has 0 unspecified atom stereocenters. The second-order valence-corrected chi connectivity index (χ2v) is 2.72. The number of para-hydroxylation sites is 1. The molecule has 0 N–H and O–H groups in total. The second kappa shape index (κ2) is 6.85. The van der Waals surface area contributed by atoms with Gasteiger partial charge >= 0.3 is 0 Å². The maximum atomic E-state index is 8.81. The molecule has 0 fully saturated rings. The summed E-state index contributed by atoms with van der Waals surface area (Å²) in [5, 5.41) is 0. The number of halogens is 1. The van der Waals surface area contributed by atoms with E-state index < -0.39 is 0 Å². The molecule has 0 aliphatic carbocycles. The number of benzene rings is 1. The Labute approximate surface area is 80.7 Å². The molecule has 1 aromatic rings. The van der Waals surface area contributed by atoms with E-state index in [0.29, 0.717) is 0 Å². The summed E-state index contributed by atoms with van der Waals surface area (Å²) in [4.78, 5) is 8.81. The highest BCUT2D eigenvalue weighted by Crippen LogP contribution is 2.22. The molecule has 0 aromatic heterocycles. The minimum absolute atomic E-state index is 0.750. The normalized spacial score (nSPS) is 7.92. The van der Waals surface area contributed by atoms with E-state index in [1.54, 1.807) is 7.11 Å². The first-order chi connectivity index (χ1) is 5.76. The molecule has 2 nitrogen and oxygen atoms in total. The summed E-state index contributed by atoms with van der Waals surface area (Å²) in [6, 6.07) is 7.74. The van der Waals surface area contributed by atoms with Crippen LogP contribution in [0.15, 0.2) is 28.7 Å². The predicted molar refractivity (Wildman–Crippen MR) is 52.4 cm³/mol. The Kier molecular flexibility index (Phi) is 6.38. The number of hydrogen-bond acceptors (Lipinski definition) is 2. The Bertz CT molecular complexity index is 236. The highest BCUT2D eigenvalue weighted by Gasteiger charge is 1.92. The summed E-state index contributed by atoms with van der Waals surface area (Å²) in [6.45, 7) is 1.44. The number of aldehydes is 1. The van der Waals surface area contributed by atoms with Gasteiger partial charge in [0.25, 0.3) is 0 Å². The molecule has 1 rings (SSSR count). The minimum Gasteiger partial charge on any atom is -0.496 e. The Morgan fingerprint density at radius 3 is 2.25 bits per heavy atom. The lowest BCUT2D eigenvalue weighted by Gasteiger charge is -1.99. The minimum atomic E-state index is 0.750. The van der Waals surface area contributed by atoms with Crippen LogP contribution in [-0.2, 0) is 4.79 Å². The quantitative estimate of drug-likeness (QED) is 0.694. The van der Waals surface area contributed by atoms with Crippen molar-refractivity contribution in [3.8, 4) is 5.75 Å². The van der Waals surface area contributed by atoms with E-state index in [0.717, 1.165) is 16.5 Å². The maximum absolute atomic E-state index is 8.81. The molecule has 0 radical (unpaired) electrons. The van der Waals surface area contributed by atoms with Gasteiger partial charge in [0, 0.05) is 0 Å². The Balaban J connectivity index is 0.000000354. The van der Waals surface area contributed by atoms with Crippen molar-refractivity contribution in [2.75, 3.05) is 7.11 Å². The van der Waals surface area contributed by atoms with Crippen molar-refractivity contribution in [1.82, 2.24) is 0 Å². The molecular formula is C9H11BrO2. The van der Waals surface area contributed by atoms with Crippen molar-refractivity contribution in [2.45, 2.75) is 6.92 Å². The van der Waals surface area contributed by atoms with Crippen LogP contribution in [0.2, 0.25) is 0 Å². The average Bonchev–Trinajstić information content (AvgIpc) is 2.07. The highest BCUT2D eigenvalue weighted by atomic mass is 79.9. The van der Waals surface area contributed by atoms with Crippen LogP contribution in [-0.4, -0.2) is 13.4 Å². The van der Waals surface area contributed by atoms with Crippen molar-refractivity contribution in [1.29, 1.82) is 0 Å². The summed E-state index contributed by atoms with van der Waals surface area (Å²) < 4.78 is 5.99. The fourth-order valence-corrected chi connectivity index (χ4v) is 1.06. The van der Waals surface area contributed by atoms with E-state index in [2.05, 4.69) is 15.9 Å². The van der Waals surface area contributed by atoms with Gasteiger partial charge in [-0.25, -0.2) is 0 Å². The van der Waals surface area contributed by atoms with Gasteiger partial charge in [-0.3, -0.25) is 0 Å². The monoisotopic (exact) mass is 230 g/mol. The average molecular weight is 231 g/mol. The molecule has 0 bridgehead atoms. The van der Waals surface area contributed by atoms with Crippen LogP contribution in [0.1, 0.15) is 6.92 Å². The van der Waals surface area contributed by atoms with Crippen LogP contribution in [0.3, 0.4) is 0 Å². The molecule has 0 spiro atoms. The summed E-state index contributed by atoms with van der Waals surface area (Å²) >= 11 is 3.33. The third-order valence-corrected chi connectivity index (χ3v) is 1.71. The first-order valence-corrected chi connectivity index (χ1v) is 4.23. The van der Waals surface area contributed by atoms with Gasteiger partial charge in [0.05, 0.1) is 11.6 Å². The van der Waals surface area contributed by atoms with Crippen molar-refractivity contribution in [2.24, 2.45) is 0 Å². The second-order valence-electron chi connectivity index (χ2n) is 1.87. The lowest BCUT2D eigenvalue weighted by atomic mass is 10.3. The summed E-state index contributed by atoms with van der Waals surface area (Å²) in [5.41, 5.74) is 0. The van der Waals surface area contributed by atoms with Crippen molar-refractivity contribution in [3.05, 3.63) is 28.7 Å². The number of rotatable bonds is 1. The summed E-state index contributed by atoms with van der Waals surface area (Å²) in [6.07, 6.45) is 0.750. The van der Waals surface area contributed by atoms with Gasteiger partial charge in [-0.15, -0.1) is 0 Å². The largest absolute Gasteiger partial charge is 0.496 e. The van der Waals surface area contributed by atoms with E-state index in [-0.39, 0.29) is 0 Å². The third-order valence-electron chi connectivity index (χ3n) is 1.06. The van der Waals surface area contributed by atoms with Crippen LogP contribution in [0.4, 0.5) is 0 Å². The van der Waals surface area contributed by atoms with E-state index in [4.69, 9.17) is 9.53 Å². The zero-order valence-electron chi connectivity index (χ0n) is 7.08. The van der Waals surface area contributed by atoms with Crippen molar-refractivity contribution in [3.63, 3.8) is 0 Å². The van der Waals surface area contributed by atoms with E-state index in [1.165, 1.54) is 6.92 Å². The molecule has 0 amide bonds. The Morgan fingerprint density at radius 2 is 1.92 bits per heavy atom. The van der Waals surface area contributed by atoms with Crippen LogP contribution < -0.4 is 4.74 Å². The standard InChI is InChI=1S/C7H7BrO.C2H4O/c1-9-7-5-3-2-4-6(7)8;1-2-3/h2-5H,1H3;2H,1H3. The van der Waals surface area contributed by atoms with Crippen molar-refractivity contribution < 1.29 is 9.53 Å². The smallest absolute Gasteiger partial charge is 0.133 e. The topological polar surface area (TPSA) is 26.3 Å². The van der Waals surface area contributed by atoms with E-state index >= 15 is 0 Å². The molecule has 0 aliphatic rings. The van der Waals surface area contributed by atoms with Crippen LogP contribution in [0, 0.1) is 0 Å².